The molecule has 1 unspecified atom stereocenters. The fraction of sp³-hybridized carbons (Fsp3) is 0.316. The molecule has 0 aliphatic heterocycles. The number of nitrogens with zero attached hydrogens (tertiary/aromatic N) is 1. The Labute approximate surface area is 161 Å². The Hall–Kier alpha value is -3.07. The number of halogens is 2. The van der Waals surface area contributed by atoms with E-state index in [1.807, 2.05) is 0 Å². The molecular formula is C19H23F2N5O2. The second-order valence-electron chi connectivity index (χ2n) is 6.33. The Morgan fingerprint density at radius 2 is 1.82 bits per heavy atom. The molecule has 2 atom stereocenters. The molecule has 2 amide bonds. The predicted molar refractivity (Wildman–Crippen MR) is 101 cm³/mol. The molecule has 0 spiro atoms. The lowest BCUT2D eigenvalue weighted by Crippen LogP contribution is -2.52. The average molecular weight is 391 g/mol. The highest BCUT2D eigenvalue weighted by Crippen LogP contribution is 2.11. The van der Waals surface area contributed by atoms with Crippen LogP contribution >= 0.6 is 0 Å². The second-order valence-corrected chi connectivity index (χ2v) is 6.33. The van der Waals surface area contributed by atoms with Crippen LogP contribution in [0.4, 0.5) is 14.6 Å². The molecule has 150 valence electrons. The Balaban J connectivity index is 2.11. The zero-order valence-electron chi connectivity index (χ0n) is 15.6. The predicted octanol–water partition coefficient (Wildman–Crippen LogP) is 0.894. The normalized spacial score (nSPS) is 12.9. The van der Waals surface area contributed by atoms with Gasteiger partial charge in [0, 0.05) is 19.2 Å². The highest BCUT2D eigenvalue weighted by Gasteiger charge is 2.23. The molecule has 0 aliphatic rings. The summed E-state index contributed by atoms with van der Waals surface area (Å²) < 4.78 is 26.6. The molecule has 0 radical (unpaired) electrons. The first-order valence-electron chi connectivity index (χ1n) is 8.70. The van der Waals surface area contributed by atoms with Crippen LogP contribution in [-0.2, 0) is 22.6 Å². The molecule has 9 heteroatoms. The molecular weight excluding hydrogens is 368 g/mol. The molecule has 0 saturated heterocycles. The summed E-state index contributed by atoms with van der Waals surface area (Å²) in [5, 5.41) is 8.11. The first kappa shape index (κ1) is 21.2. The van der Waals surface area contributed by atoms with Crippen molar-refractivity contribution in [2.24, 2.45) is 0 Å². The molecule has 28 heavy (non-hydrogen) atoms. The lowest BCUT2D eigenvalue weighted by molar-refractivity contribution is -0.129. The van der Waals surface area contributed by atoms with Crippen LogP contribution in [0, 0.1) is 11.6 Å². The minimum Gasteiger partial charge on any atom is -0.384 e. The molecule has 0 aliphatic carbocycles. The number of amides is 2. The largest absolute Gasteiger partial charge is 0.384 e. The molecule has 7 nitrogen and oxygen atoms in total. The van der Waals surface area contributed by atoms with Crippen LogP contribution in [0.15, 0.2) is 36.5 Å². The van der Waals surface area contributed by atoms with E-state index in [1.165, 1.54) is 12.3 Å². The minimum absolute atomic E-state index is 0.00515. The van der Waals surface area contributed by atoms with Gasteiger partial charge in [0.25, 0.3) is 0 Å². The summed E-state index contributed by atoms with van der Waals surface area (Å²) in [4.78, 5) is 28.8. The molecule has 5 N–H and O–H groups in total. The van der Waals surface area contributed by atoms with Crippen molar-refractivity contribution in [3.63, 3.8) is 0 Å². The number of hydrogen-bond donors (Lipinski definition) is 4. The Morgan fingerprint density at radius 3 is 2.43 bits per heavy atom. The van der Waals surface area contributed by atoms with Crippen molar-refractivity contribution < 1.29 is 18.4 Å². The first-order chi connectivity index (χ1) is 13.3. The quantitative estimate of drug-likeness (QED) is 0.535. The smallest absolute Gasteiger partial charge is 0.243 e. The minimum atomic E-state index is -1.01. The van der Waals surface area contributed by atoms with Crippen LogP contribution in [0.25, 0.3) is 0 Å². The van der Waals surface area contributed by atoms with E-state index >= 15 is 0 Å². The monoisotopic (exact) mass is 391 g/mol. The van der Waals surface area contributed by atoms with E-state index in [4.69, 9.17) is 5.73 Å². The maximum atomic E-state index is 13.5. The van der Waals surface area contributed by atoms with E-state index < -0.39 is 29.6 Å². The lowest BCUT2D eigenvalue weighted by Gasteiger charge is -2.21. The van der Waals surface area contributed by atoms with Crippen molar-refractivity contribution in [2.75, 3.05) is 12.8 Å². The number of anilines is 1. The van der Waals surface area contributed by atoms with Gasteiger partial charge >= 0.3 is 0 Å². The van der Waals surface area contributed by atoms with Crippen molar-refractivity contribution in [3.05, 3.63) is 59.3 Å². The summed E-state index contributed by atoms with van der Waals surface area (Å²) >= 11 is 0. The number of nitrogen functional groups attached to an aromatic ring is 1. The van der Waals surface area contributed by atoms with Crippen LogP contribution in [0.1, 0.15) is 18.1 Å². The number of carbonyl (C=O) groups excluding carboxylic acids is 2. The maximum Gasteiger partial charge on any atom is 0.243 e. The van der Waals surface area contributed by atoms with Crippen LogP contribution < -0.4 is 21.7 Å². The van der Waals surface area contributed by atoms with E-state index in [0.717, 1.165) is 17.7 Å². The summed E-state index contributed by atoms with van der Waals surface area (Å²) in [6, 6.07) is 5.20. The molecule has 0 fully saturated rings. The third kappa shape index (κ3) is 5.98. The van der Waals surface area contributed by atoms with E-state index in [0.29, 0.717) is 11.4 Å². The third-order valence-electron chi connectivity index (χ3n) is 4.20. The number of nitrogens with two attached hydrogens (primary N) is 1. The Kier molecular flexibility index (Phi) is 7.39. The van der Waals surface area contributed by atoms with Gasteiger partial charge in [-0.15, -0.1) is 0 Å². The van der Waals surface area contributed by atoms with Crippen molar-refractivity contribution in [2.45, 2.75) is 32.0 Å². The molecule has 2 aromatic rings. The number of benzene rings is 1. The first-order valence-corrected chi connectivity index (χ1v) is 8.70. The topological polar surface area (TPSA) is 109 Å². The van der Waals surface area contributed by atoms with Gasteiger partial charge in [-0.25, -0.2) is 13.8 Å². The number of aromatic nitrogens is 1. The number of rotatable bonds is 8. The molecule has 1 aromatic carbocycles. The van der Waals surface area contributed by atoms with Crippen molar-refractivity contribution in [1.82, 2.24) is 20.9 Å². The van der Waals surface area contributed by atoms with Crippen LogP contribution in [0.2, 0.25) is 0 Å². The maximum absolute atomic E-state index is 13.5. The van der Waals surface area contributed by atoms with Gasteiger partial charge in [0.15, 0.2) is 11.6 Å². The summed E-state index contributed by atoms with van der Waals surface area (Å²) in [5.74, 6) is -2.48. The van der Waals surface area contributed by atoms with Gasteiger partial charge in [-0.3, -0.25) is 9.59 Å². The van der Waals surface area contributed by atoms with Gasteiger partial charge in [0.05, 0.1) is 6.04 Å². The van der Waals surface area contributed by atoms with Gasteiger partial charge in [0.1, 0.15) is 11.9 Å². The summed E-state index contributed by atoms with van der Waals surface area (Å²) in [7, 11) is 1.61. The standard InChI is InChI=1S/C19H23F2N5O2/c1-11(23-2)18(27)26-16(8-12-3-5-14(20)15(21)7-12)19(28)25-10-13-4-6-17(22)24-9-13/h3-7,9,11,16,23H,8,10H2,1-2H3,(H2,22,24)(H,25,28)(H,26,27)/t11?,16-/m0/s1. The molecule has 2 rings (SSSR count). The number of pyridine rings is 1. The molecule has 0 bridgehead atoms. The van der Waals surface area contributed by atoms with Gasteiger partial charge in [0.2, 0.25) is 11.8 Å². The SMILES string of the molecule is CNC(C)C(=O)N[C@@H](Cc1ccc(F)c(F)c1)C(=O)NCc1ccc(N)nc1. The number of nitrogens with one attached hydrogen (secondary N) is 3. The fourth-order valence-corrected chi connectivity index (χ4v) is 2.39. The molecule has 1 aromatic heterocycles. The third-order valence-corrected chi connectivity index (χ3v) is 4.20. The van der Waals surface area contributed by atoms with E-state index in [1.54, 1.807) is 26.1 Å². The fourth-order valence-electron chi connectivity index (χ4n) is 2.39. The number of hydrogen-bond acceptors (Lipinski definition) is 5. The second kappa shape index (κ2) is 9.75. The van der Waals surface area contributed by atoms with Crippen molar-refractivity contribution >= 4 is 17.6 Å². The van der Waals surface area contributed by atoms with Crippen LogP contribution in [0.5, 0.6) is 0 Å². The summed E-state index contributed by atoms with van der Waals surface area (Å²) in [6.45, 7) is 1.82. The zero-order chi connectivity index (χ0) is 20.7. The molecule has 0 saturated carbocycles. The van der Waals surface area contributed by atoms with Gasteiger partial charge in [-0.1, -0.05) is 12.1 Å². The van der Waals surface area contributed by atoms with E-state index in [9.17, 15) is 18.4 Å². The zero-order valence-corrected chi connectivity index (χ0v) is 15.6. The van der Waals surface area contributed by atoms with E-state index in [-0.39, 0.29) is 18.9 Å². The van der Waals surface area contributed by atoms with Gasteiger partial charge in [-0.2, -0.15) is 0 Å². The molecule has 1 heterocycles. The van der Waals surface area contributed by atoms with E-state index in [2.05, 4.69) is 20.9 Å². The summed E-state index contributed by atoms with van der Waals surface area (Å²) in [5.41, 5.74) is 6.63. The number of likely N-dealkylation sites (N-methyl/N-ethyl adjacent to an activating group) is 1. The highest BCUT2D eigenvalue weighted by molar-refractivity contribution is 5.89. The van der Waals surface area contributed by atoms with Crippen LogP contribution in [-0.4, -0.2) is 35.9 Å². The number of carbonyl (C=O) groups is 2. The Bertz CT molecular complexity index is 830. The average Bonchev–Trinajstić information content (AvgIpc) is 2.68. The van der Waals surface area contributed by atoms with Crippen molar-refractivity contribution in [1.29, 1.82) is 0 Å². The van der Waals surface area contributed by atoms with Crippen molar-refractivity contribution in [3.8, 4) is 0 Å². The van der Waals surface area contributed by atoms with Gasteiger partial charge in [-0.05, 0) is 43.3 Å². The highest BCUT2D eigenvalue weighted by atomic mass is 19.2. The van der Waals surface area contributed by atoms with Gasteiger partial charge < -0.3 is 21.7 Å². The Morgan fingerprint density at radius 1 is 1.11 bits per heavy atom. The summed E-state index contributed by atoms with van der Waals surface area (Å²) in [6.07, 6.45) is 1.53. The van der Waals surface area contributed by atoms with Crippen LogP contribution in [0.3, 0.4) is 0 Å². The lowest BCUT2D eigenvalue weighted by atomic mass is 10.0.